The molecule has 2 aromatic rings. The first-order chi connectivity index (χ1) is 9.58. The van der Waals surface area contributed by atoms with Gasteiger partial charge in [-0.05, 0) is 24.3 Å². The highest BCUT2D eigenvalue weighted by molar-refractivity contribution is 7.99. The minimum Gasteiger partial charge on any atom is -0.325 e. The van der Waals surface area contributed by atoms with Gasteiger partial charge >= 0.3 is 0 Å². The molecule has 2 rings (SSSR count). The van der Waals surface area contributed by atoms with E-state index in [0.717, 1.165) is 0 Å². The van der Waals surface area contributed by atoms with Gasteiger partial charge in [-0.3, -0.25) is 4.79 Å². The number of carbonyl (C=O) groups excluding carboxylic acids is 1. The summed E-state index contributed by atoms with van der Waals surface area (Å²) < 4.78 is 24.3. The molecule has 0 saturated heterocycles. The molecule has 0 unspecified atom stereocenters. The number of carbonyl (C=O) groups is 1. The van der Waals surface area contributed by atoms with E-state index in [1.807, 2.05) is 0 Å². The van der Waals surface area contributed by atoms with Crippen LogP contribution in [0.4, 0.5) is 14.5 Å². The zero-order valence-corrected chi connectivity index (χ0v) is 11.8. The molecule has 0 spiro atoms. The van der Waals surface area contributed by atoms with Gasteiger partial charge in [0.05, 0.1) is 0 Å². The third kappa shape index (κ3) is 3.99. The van der Waals surface area contributed by atoms with E-state index in [9.17, 15) is 13.6 Å². The van der Waals surface area contributed by atoms with Gasteiger partial charge in [-0.25, -0.2) is 4.98 Å². The third-order valence-corrected chi connectivity index (χ3v) is 3.89. The molecule has 20 heavy (non-hydrogen) atoms. The average Bonchev–Trinajstić information content (AvgIpc) is 2.89. The number of rotatable bonds is 5. The molecule has 106 valence electrons. The van der Waals surface area contributed by atoms with Gasteiger partial charge in [0.25, 0.3) is 11.7 Å². The minimum absolute atomic E-state index is 0.289. The van der Waals surface area contributed by atoms with Crippen molar-refractivity contribution >= 4 is 34.7 Å². The Hall–Kier alpha value is -1.51. The summed E-state index contributed by atoms with van der Waals surface area (Å²) in [5, 5.41) is 4.95. The van der Waals surface area contributed by atoms with Crippen LogP contribution in [-0.4, -0.2) is 16.6 Å². The topological polar surface area (TPSA) is 68.0 Å². The maximum Gasteiger partial charge on any atom is 0.288 e. The summed E-state index contributed by atoms with van der Waals surface area (Å²) in [6.45, 7) is 0.289. The van der Waals surface area contributed by atoms with Crippen LogP contribution in [0.15, 0.2) is 34.5 Å². The largest absolute Gasteiger partial charge is 0.325 e. The van der Waals surface area contributed by atoms with E-state index in [1.54, 1.807) is 17.5 Å². The highest BCUT2D eigenvalue weighted by atomic mass is 32.2. The first kappa shape index (κ1) is 14.9. The molecule has 1 aromatic carbocycles. The number of hydrogen-bond acceptors (Lipinski definition) is 5. The summed E-state index contributed by atoms with van der Waals surface area (Å²) in [4.78, 5) is 16.4. The second-order valence-electron chi connectivity index (χ2n) is 3.69. The number of benzene rings is 1. The molecular formula is C12H11F2N3OS2. The molecule has 4 nitrogen and oxygen atoms in total. The predicted molar refractivity (Wildman–Crippen MR) is 76.3 cm³/mol. The number of alkyl halides is 2. The molecule has 0 aliphatic heterocycles. The van der Waals surface area contributed by atoms with Gasteiger partial charge in [-0.1, -0.05) is 11.8 Å². The first-order valence-corrected chi connectivity index (χ1v) is 7.35. The normalized spacial score (nSPS) is 10.8. The minimum atomic E-state index is -2.46. The summed E-state index contributed by atoms with van der Waals surface area (Å²) in [6, 6.07) is 6.19. The number of nitrogens with one attached hydrogen (secondary N) is 1. The molecule has 1 amide bonds. The molecule has 0 aliphatic rings. The molecule has 1 heterocycles. The van der Waals surface area contributed by atoms with Crippen LogP contribution in [0.3, 0.4) is 0 Å². The third-order valence-electron chi connectivity index (χ3n) is 2.30. The van der Waals surface area contributed by atoms with E-state index in [1.165, 1.54) is 23.5 Å². The maximum atomic E-state index is 12.2. The predicted octanol–water partition coefficient (Wildman–Crippen LogP) is 3.17. The fourth-order valence-electron chi connectivity index (χ4n) is 1.42. The Morgan fingerprint density at radius 1 is 1.40 bits per heavy atom. The number of thiazole rings is 1. The number of amides is 1. The zero-order valence-electron chi connectivity index (χ0n) is 10.2. The molecule has 8 heteroatoms. The molecule has 0 fully saturated rings. The lowest BCUT2D eigenvalue weighted by molar-refractivity contribution is 0.102. The highest BCUT2D eigenvalue weighted by Crippen LogP contribution is 2.26. The number of aromatic nitrogens is 1. The Labute approximate surface area is 122 Å². The second kappa shape index (κ2) is 6.78. The number of thioether (sulfide) groups is 1. The average molecular weight is 315 g/mol. The van der Waals surface area contributed by atoms with Gasteiger partial charge < -0.3 is 11.1 Å². The van der Waals surface area contributed by atoms with Crippen LogP contribution in [0.2, 0.25) is 0 Å². The fraction of sp³-hybridized carbons (Fsp3) is 0.167. The smallest absolute Gasteiger partial charge is 0.288 e. The fourth-order valence-corrected chi connectivity index (χ4v) is 2.58. The second-order valence-corrected chi connectivity index (χ2v) is 5.69. The van der Waals surface area contributed by atoms with Gasteiger partial charge in [0.2, 0.25) is 0 Å². The molecule has 3 N–H and O–H groups in total. The van der Waals surface area contributed by atoms with Crippen LogP contribution in [0.25, 0.3) is 0 Å². The van der Waals surface area contributed by atoms with Crippen molar-refractivity contribution in [3.8, 4) is 0 Å². The van der Waals surface area contributed by atoms with Crippen LogP contribution in [0.1, 0.15) is 15.5 Å². The van der Waals surface area contributed by atoms with Crippen molar-refractivity contribution in [2.24, 2.45) is 5.73 Å². The van der Waals surface area contributed by atoms with Gasteiger partial charge in [0.15, 0.2) is 0 Å². The van der Waals surface area contributed by atoms with Crippen molar-refractivity contribution in [2.45, 2.75) is 17.2 Å². The van der Waals surface area contributed by atoms with Crippen molar-refractivity contribution in [2.75, 3.05) is 5.32 Å². The molecule has 0 saturated carbocycles. The van der Waals surface area contributed by atoms with Gasteiger partial charge in [0.1, 0.15) is 10.7 Å². The Balaban J connectivity index is 2.00. The number of nitrogens with two attached hydrogens (primary N) is 1. The van der Waals surface area contributed by atoms with Crippen molar-refractivity contribution < 1.29 is 13.6 Å². The Morgan fingerprint density at radius 2 is 2.10 bits per heavy atom. The molecule has 0 aliphatic carbocycles. The number of hydrogen-bond donors (Lipinski definition) is 2. The van der Waals surface area contributed by atoms with E-state index in [-0.39, 0.29) is 12.5 Å². The van der Waals surface area contributed by atoms with Crippen LogP contribution in [0.5, 0.6) is 0 Å². The summed E-state index contributed by atoms with van der Waals surface area (Å²) in [7, 11) is 0. The summed E-state index contributed by atoms with van der Waals surface area (Å²) in [5.41, 5.74) is 6.24. The van der Waals surface area contributed by atoms with Crippen LogP contribution in [-0.2, 0) is 6.54 Å². The lowest BCUT2D eigenvalue weighted by Gasteiger charge is -2.04. The van der Waals surface area contributed by atoms with E-state index in [0.29, 0.717) is 33.0 Å². The van der Waals surface area contributed by atoms with Crippen LogP contribution < -0.4 is 11.1 Å². The molecule has 0 atom stereocenters. The summed E-state index contributed by atoms with van der Waals surface area (Å²) in [5.74, 6) is -2.81. The van der Waals surface area contributed by atoms with E-state index in [4.69, 9.17) is 5.73 Å². The lowest BCUT2D eigenvalue weighted by Crippen LogP contribution is -2.12. The highest BCUT2D eigenvalue weighted by Gasteiger charge is 2.11. The van der Waals surface area contributed by atoms with E-state index >= 15 is 0 Å². The SMILES string of the molecule is NCc1nc(C(=O)Nc2ccc(SC(F)F)cc2)cs1. The summed E-state index contributed by atoms with van der Waals surface area (Å²) >= 11 is 1.77. The van der Waals surface area contributed by atoms with E-state index < -0.39 is 5.76 Å². The Kier molecular flexibility index (Phi) is 5.05. The Bertz CT molecular complexity index is 587. The van der Waals surface area contributed by atoms with Crippen LogP contribution >= 0.6 is 23.1 Å². The number of anilines is 1. The van der Waals surface area contributed by atoms with Gasteiger partial charge in [-0.2, -0.15) is 8.78 Å². The molecule has 1 aromatic heterocycles. The van der Waals surface area contributed by atoms with Crippen molar-refractivity contribution in [1.82, 2.24) is 4.98 Å². The van der Waals surface area contributed by atoms with E-state index in [2.05, 4.69) is 10.3 Å². The Morgan fingerprint density at radius 3 is 2.65 bits per heavy atom. The summed E-state index contributed by atoms with van der Waals surface area (Å²) in [6.07, 6.45) is 0. The first-order valence-electron chi connectivity index (χ1n) is 5.59. The maximum absolute atomic E-state index is 12.2. The van der Waals surface area contributed by atoms with Gasteiger partial charge in [-0.15, -0.1) is 11.3 Å². The number of nitrogens with zero attached hydrogens (tertiary/aromatic N) is 1. The molecular weight excluding hydrogens is 304 g/mol. The van der Waals surface area contributed by atoms with Crippen molar-refractivity contribution in [3.05, 3.63) is 40.3 Å². The van der Waals surface area contributed by atoms with Gasteiger partial charge in [0, 0.05) is 22.5 Å². The monoisotopic (exact) mass is 315 g/mol. The quantitative estimate of drug-likeness (QED) is 0.832. The lowest BCUT2D eigenvalue weighted by atomic mass is 10.3. The number of halogens is 2. The zero-order chi connectivity index (χ0) is 14.5. The standard InChI is InChI=1S/C12H11F2N3OS2/c13-12(14)20-8-3-1-7(2-4-8)16-11(18)9-6-19-10(5-15)17-9/h1-4,6,12H,5,15H2,(H,16,18). The van der Waals surface area contributed by atoms with Crippen LogP contribution in [0, 0.1) is 0 Å². The van der Waals surface area contributed by atoms with Crippen molar-refractivity contribution in [1.29, 1.82) is 0 Å². The molecule has 0 radical (unpaired) electrons. The van der Waals surface area contributed by atoms with Crippen molar-refractivity contribution in [3.63, 3.8) is 0 Å². The molecule has 0 bridgehead atoms.